The molecule has 0 aliphatic heterocycles. The van der Waals surface area contributed by atoms with Gasteiger partial charge in [0.1, 0.15) is 0 Å². The molecular weight excluding hydrogens is 242 g/mol. The summed E-state index contributed by atoms with van der Waals surface area (Å²) in [5.74, 6) is 0.353. The first-order chi connectivity index (χ1) is 9.24. The molecule has 2 heterocycles. The Morgan fingerprint density at radius 2 is 2.11 bits per heavy atom. The molecule has 1 fully saturated rings. The zero-order valence-corrected chi connectivity index (χ0v) is 10.9. The Kier molecular flexibility index (Phi) is 2.98. The van der Waals surface area contributed by atoms with Gasteiger partial charge < -0.3 is 15.0 Å². The first kappa shape index (κ1) is 12.2. The van der Waals surface area contributed by atoms with Gasteiger partial charge in [-0.2, -0.15) is 0 Å². The molecule has 0 radical (unpaired) electrons. The van der Waals surface area contributed by atoms with E-state index >= 15 is 0 Å². The Labute approximate surface area is 111 Å². The van der Waals surface area contributed by atoms with Gasteiger partial charge in [0, 0.05) is 25.9 Å². The number of anilines is 1. The number of aromatic nitrogens is 2. The zero-order chi connectivity index (χ0) is 13.3. The minimum absolute atomic E-state index is 0.0922. The molecule has 0 saturated heterocycles. The van der Waals surface area contributed by atoms with Crippen LogP contribution in [0.3, 0.4) is 0 Å². The summed E-state index contributed by atoms with van der Waals surface area (Å²) in [7, 11) is 1.76. The molecule has 2 aromatic heterocycles. The van der Waals surface area contributed by atoms with E-state index in [9.17, 15) is 0 Å². The Hall–Kier alpha value is -1.88. The maximum Gasteiger partial charge on any atom is 0.230 e. The summed E-state index contributed by atoms with van der Waals surface area (Å²) in [6, 6.07) is 3.82. The fourth-order valence-corrected chi connectivity index (χ4v) is 2.62. The van der Waals surface area contributed by atoms with Crippen LogP contribution in [0.15, 0.2) is 29.0 Å². The lowest BCUT2D eigenvalue weighted by atomic mass is 9.76. The van der Waals surface area contributed by atoms with Crippen molar-refractivity contribution in [2.24, 2.45) is 0 Å². The average molecular weight is 259 g/mol. The molecule has 0 bridgehead atoms. The van der Waals surface area contributed by atoms with Crippen LogP contribution in [0.1, 0.15) is 25.0 Å². The molecule has 5 heteroatoms. The Bertz CT molecular complexity index is 556. The number of hydrogen-bond donors (Lipinski definition) is 1. The van der Waals surface area contributed by atoms with Gasteiger partial charge in [-0.1, -0.05) is 5.16 Å². The van der Waals surface area contributed by atoms with Crippen LogP contribution < -0.4 is 5.73 Å². The van der Waals surface area contributed by atoms with E-state index in [1.165, 1.54) is 6.42 Å². The standard InChI is InChI=1S/C14H17N3O2/c1-18-14(5-2-6-14)9-11-12(13(15)19-17-11)10-3-7-16-8-4-10/h3-4,7-8H,2,5-6,9,15H2,1H3. The van der Waals surface area contributed by atoms with Gasteiger partial charge in [0.15, 0.2) is 0 Å². The highest BCUT2D eigenvalue weighted by Crippen LogP contribution is 2.40. The molecule has 1 aliphatic rings. The SMILES string of the molecule is COC1(Cc2noc(N)c2-c2ccncc2)CCC1. The fourth-order valence-electron chi connectivity index (χ4n) is 2.62. The van der Waals surface area contributed by atoms with Gasteiger partial charge in [-0.05, 0) is 37.0 Å². The number of nitrogens with zero attached hydrogens (tertiary/aromatic N) is 2. The average Bonchev–Trinajstić information content (AvgIpc) is 2.76. The number of pyridine rings is 1. The Balaban J connectivity index is 1.95. The molecule has 100 valence electrons. The number of nitrogens with two attached hydrogens (primary N) is 1. The molecule has 2 aromatic rings. The van der Waals surface area contributed by atoms with E-state index in [4.69, 9.17) is 15.0 Å². The summed E-state index contributed by atoms with van der Waals surface area (Å²) < 4.78 is 10.8. The third-order valence-corrected chi connectivity index (χ3v) is 3.95. The van der Waals surface area contributed by atoms with E-state index < -0.39 is 0 Å². The van der Waals surface area contributed by atoms with Crippen LogP contribution in [0.4, 0.5) is 5.88 Å². The number of ether oxygens (including phenoxy) is 1. The van der Waals surface area contributed by atoms with Crippen molar-refractivity contribution in [1.29, 1.82) is 0 Å². The second-order valence-corrected chi connectivity index (χ2v) is 5.02. The molecule has 19 heavy (non-hydrogen) atoms. The third kappa shape index (κ3) is 2.10. The van der Waals surface area contributed by atoms with E-state index in [0.29, 0.717) is 5.88 Å². The van der Waals surface area contributed by atoms with Gasteiger partial charge in [-0.15, -0.1) is 0 Å². The van der Waals surface area contributed by atoms with Crippen LogP contribution in [0, 0.1) is 0 Å². The normalized spacial score (nSPS) is 17.1. The molecule has 1 saturated carbocycles. The van der Waals surface area contributed by atoms with E-state index in [-0.39, 0.29) is 5.60 Å². The summed E-state index contributed by atoms with van der Waals surface area (Å²) in [4.78, 5) is 4.02. The Morgan fingerprint density at radius 3 is 2.68 bits per heavy atom. The lowest BCUT2D eigenvalue weighted by molar-refractivity contribution is -0.0717. The fraction of sp³-hybridized carbons (Fsp3) is 0.429. The van der Waals surface area contributed by atoms with Crippen LogP contribution in [-0.2, 0) is 11.2 Å². The van der Waals surface area contributed by atoms with Crippen molar-refractivity contribution in [3.8, 4) is 11.1 Å². The quantitative estimate of drug-likeness (QED) is 0.912. The first-order valence-corrected chi connectivity index (χ1v) is 6.44. The molecule has 0 aromatic carbocycles. The molecule has 0 unspecified atom stereocenters. The van der Waals surface area contributed by atoms with Crippen molar-refractivity contribution in [3.63, 3.8) is 0 Å². The third-order valence-electron chi connectivity index (χ3n) is 3.95. The van der Waals surface area contributed by atoms with E-state index in [1.54, 1.807) is 19.5 Å². The van der Waals surface area contributed by atoms with E-state index in [0.717, 1.165) is 36.1 Å². The van der Waals surface area contributed by atoms with Crippen LogP contribution in [0.5, 0.6) is 0 Å². The first-order valence-electron chi connectivity index (χ1n) is 6.44. The molecule has 0 amide bonds. The van der Waals surface area contributed by atoms with Gasteiger partial charge in [-0.25, -0.2) is 0 Å². The Morgan fingerprint density at radius 1 is 1.37 bits per heavy atom. The molecule has 5 nitrogen and oxygen atoms in total. The van der Waals surface area contributed by atoms with Crippen LogP contribution in [0.25, 0.3) is 11.1 Å². The number of hydrogen-bond acceptors (Lipinski definition) is 5. The van der Waals surface area contributed by atoms with Crippen molar-refractivity contribution in [1.82, 2.24) is 10.1 Å². The van der Waals surface area contributed by atoms with Crippen molar-refractivity contribution < 1.29 is 9.26 Å². The monoisotopic (exact) mass is 259 g/mol. The summed E-state index contributed by atoms with van der Waals surface area (Å²) in [6.45, 7) is 0. The molecule has 3 rings (SSSR count). The number of nitrogen functional groups attached to an aromatic ring is 1. The smallest absolute Gasteiger partial charge is 0.230 e. The molecular formula is C14H17N3O2. The molecule has 1 aliphatic carbocycles. The second-order valence-electron chi connectivity index (χ2n) is 5.02. The lowest BCUT2D eigenvalue weighted by Gasteiger charge is -2.40. The van der Waals surface area contributed by atoms with Gasteiger partial charge in [-0.3, -0.25) is 4.98 Å². The highest BCUT2D eigenvalue weighted by atomic mass is 16.5. The zero-order valence-electron chi connectivity index (χ0n) is 10.9. The largest absolute Gasteiger partial charge is 0.378 e. The van der Waals surface area contributed by atoms with Gasteiger partial charge >= 0.3 is 0 Å². The number of rotatable bonds is 4. The minimum Gasteiger partial charge on any atom is -0.378 e. The maximum atomic E-state index is 5.90. The highest BCUT2D eigenvalue weighted by molar-refractivity contribution is 5.74. The summed E-state index contributed by atoms with van der Waals surface area (Å²) >= 11 is 0. The second kappa shape index (κ2) is 4.66. The van der Waals surface area contributed by atoms with Crippen molar-refractivity contribution in [3.05, 3.63) is 30.2 Å². The minimum atomic E-state index is -0.0922. The maximum absolute atomic E-state index is 5.90. The van der Waals surface area contributed by atoms with Crippen molar-refractivity contribution in [2.75, 3.05) is 12.8 Å². The predicted octanol–water partition coefficient (Wildman–Crippen LogP) is 2.43. The lowest BCUT2D eigenvalue weighted by Crippen LogP contribution is -2.41. The summed E-state index contributed by atoms with van der Waals surface area (Å²) in [5.41, 5.74) is 8.52. The van der Waals surface area contributed by atoms with Crippen molar-refractivity contribution >= 4 is 5.88 Å². The van der Waals surface area contributed by atoms with Crippen LogP contribution >= 0.6 is 0 Å². The summed E-state index contributed by atoms with van der Waals surface area (Å²) in [5, 5.41) is 4.11. The highest BCUT2D eigenvalue weighted by Gasteiger charge is 2.39. The molecule has 2 N–H and O–H groups in total. The van der Waals surface area contributed by atoms with Crippen LogP contribution in [-0.4, -0.2) is 22.9 Å². The number of methoxy groups -OCH3 is 1. The molecule has 0 spiro atoms. The molecule has 0 atom stereocenters. The van der Waals surface area contributed by atoms with E-state index in [2.05, 4.69) is 10.1 Å². The predicted molar refractivity (Wildman–Crippen MR) is 71.4 cm³/mol. The topological polar surface area (TPSA) is 74.2 Å². The van der Waals surface area contributed by atoms with E-state index in [1.807, 2.05) is 12.1 Å². The van der Waals surface area contributed by atoms with Gasteiger partial charge in [0.2, 0.25) is 5.88 Å². The van der Waals surface area contributed by atoms with Gasteiger partial charge in [0.25, 0.3) is 0 Å². The summed E-state index contributed by atoms with van der Waals surface area (Å²) in [6.07, 6.45) is 7.54. The van der Waals surface area contributed by atoms with Gasteiger partial charge in [0.05, 0.1) is 16.9 Å². The van der Waals surface area contributed by atoms with Crippen molar-refractivity contribution in [2.45, 2.75) is 31.3 Å². The van der Waals surface area contributed by atoms with Crippen LogP contribution in [0.2, 0.25) is 0 Å².